The van der Waals surface area contributed by atoms with Gasteiger partial charge in [0, 0.05) is 49.8 Å². The third-order valence-corrected chi connectivity index (χ3v) is 5.73. The van der Waals surface area contributed by atoms with Gasteiger partial charge in [0.2, 0.25) is 5.91 Å². The lowest BCUT2D eigenvalue weighted by Crippen LogP contribution is -2.54. The molecule has 2 fully saturated rings. The zero-order valence-electron chi connectivity index (χ0n) is 13.6. The van der Waals surface area contributed by atoms with Crippen molar-refractivity contribution in [3.63, 3.8) is 0 Å². The zero-order valence-corrected chi connectivity index (χ0v) is 14.4. The molecule has 22 heavy (non-hydrogen) atoms. The van der Waals surface area contributed by atoms with E-state index in [1.807, 2.05) is 11.6 Å². The summed E-state index contributed by atoms with van der Waals surface area (Å²) in [5, 5.41) is 3.12. The molecule has 2 aliphatic rings. The first-order valence-corrected chi connectivity index (χ1v) is 9.21. The third-order valence-electron chi connectivity index (χ3n) is 4.90. The average molecular weight is 322 g/mol. The minimum Gasteiger partial charge on any atom is -0.346 e. The van der Waals surface area contributed by atoms with E-state index in [-0.39, 0.29) is 0 Å². The van der Waals surface area contributed by atoms with E-state index in [9.17, 15) is 4.79 Å². The van der Waals surface area contributed by atoms with E-state index in [4.69, 9.17) is 0 Å². The number of carbonyl (C=O) groups is 1. The standard InChI is InChI=1S/C16H26N4OS/c1-13-4-3-5-14(2)20(13)15(21)12-18-7-9-19(10-8-18)16-17-6-11-22-16/h6,11,13-14H,3-5,7-10,12H2,1-2H3/t13-,14-/m0/s1. The number of amides is 1. The van der Waals surface area contributed by atoms with Crippen molar-refractivity contribution in [3.8, 4) is 0 Å². The van der Waals surface area contributed by atoms with Gasteiger partial charge in [-0.25, -0.2) is 4.98 Å². The Labute approximate surface area is 136 Å². The second-order valence-electron chi connectivity index (χ2n) is 6.51. The van der Waals surface area contributed by atoms with Crippen LogP contribution in [0.3, 0.4) is 0 Å². The number of rotatable bonds is 3. The molecule has 0 bridgehead atoms. The number of hydrogen-bond donors (Lipinski definition) is 0. The topological polar surface area (TPSA) is 39.7 Å². The second-order valence-corrected chi connectivity index (χ2v) is 7.38. The van der Waals surface area contributed by atoms with Crippen LogP contribution in [-0.4, -0.2) is 65.5 Å². The summed E-state index contributed by atoms with van der Waals surface area (Å²) in [5.74, 6) is 0.308. The van der Waals surface area contributed by atoms with Gasteiger partial charge in [0.05, 0.1) is 6.54 Å². The largest absolute Gasteiger partial charge is 0.346 e. The number of likely N-dealkylation sites (tertiary alicyclic amines) is 1. The maximum absolute atomic E-state index is 12.7. The van der Waals surface area contributed by atoms with Crippen molar-refractivity contribution in [3.05, 3.63) is 11.6 Å². The van der Waals surface area contributed by atoms with E-state index in [1.165, 1.54) is 6.42 Å². The molecule has 0 aliphatic carbocycles. The summed E-state index contributed by atoms with van der Waals surface area (Å²) < 4.78 is 0. The Morgan fingerprint density at radius 1 is 1.23 bits per heavy atom. The summed E-state index contributed by atoms with van der Waals surface area (Å²) in [4.78, 5) is 23.8. The fourth-order valence-corrected chi connectivity index (χ4v) is 4.35. The van der Waals surface area contributed by atoms with Gasteiger partial charge in [0.25, 0.3) is 0 Å². The summed E-state index contributed by atoms with van der Waals surface area (Å²) in [6.45, 7) is 8.77. The Morgan fingerprint density at radius 3 is 2.50 bits per heavy atom. The number of anilines is 1. The molecular weight excluding hydrogens is 296 g/mol. The third kappa shape index (κ3) is 3.43. The number of carbonyl (C=O) groups excluding carboxylic acids is 1. The fraction of sp³-hybridized carbons (Fsp3) is 0.750. The van der Waals surface area contributed by atoms with Crippen LogP contribution in [-0.2, 0) is 4.79 Å². The predicted octanol–water partition coefficient (Wildman–Crippen LogP) is 2.05. The van der Waals surface area contributed by atoms with Crippen molar-refractivity contribution in [1.82, 2.24) is 14.8 Å². The molecule has 0 N–H and O–H groups in total. The highest BCUT2D eigenvalue weighted by Gasteiger charge is 2.30. The van der Waals surface area contributed by atoms with Gasteiger partial charge in [-0.2, -0.15) is 0 Å². The number of hydrogen-bond acceptors (Lipinski definition) is 5. The molecule has 0 saturated carbocycles. The van der Waals surface area contributed by atoms with E-state index in [1.54, 1.807) is 11.3 Å². The minimum absolute atomic E-state index is 0.308. The maximum Gasteiger partial charge on any atom is 0.237 e. The lowest BCUT2D eigenvalue weighted by Gasteiger charge is -2.41. The molecule has 3 heterocycles. The molecule has 0 unspecified atom stereocenters. The highest BCUT2D eigenvalue weighted by Crippen LogP contribution is 2.23. The smallest absolute Gasteiger partial charge is 0.237 e. The van der Waals surface area contributed by atoms with Gasteiger partial charge >= 0.3 is 0 Å². The van der Waals surface area contributed by atoms with E-state index < -0.39 is 0 Å². The molecular formula is C16H26N4OS. The average Bonchev–Trinajstić information content (AvgIpc) is 3.02. The van der Waals surface area contributed by atoms with Gasteiger partial charge in [0.15, 0.2) is 5.13 Å². The lowest BCUT2D eigenvalue weighted by molar-refractivity contribution is -0.138. The Bertz CT molecular complexity index is 474. The molecule has 1 aromatic heterocycles. The SMILES string of the molecule is C[C@H]1CCC[C@H](C)N1C(=O)CN1CCN(c2nccs2)CC1. The maximum atomic E-state index is 12.7. The fourth-order valence-electron chi connectivity index (χ4n) is 3.66. The van der Waals surface area contributed by atoms with Gasteiger partial charge in [-0.3, -0.25) is 9.69 Å². The lowest BCUT2D eigenvalue weighted by atomic mass is 9.97. The molecule has 6 heteroatoms. The molecule has 2 aliphatic heterocycles. The van der Waals surface area contributed by atoms with Gasteiger partial charge in [-0.05, 0) is 33.1 Å². The Hall–Kier alpha value is -1.14. The molecule has 2 saturated heterocycles. The van der Waals surface area contributed by atoms with Crippen LogP contribution >= 0.6 is 11.3 Å². The molecule has 1 aromatic rings. The van der Waals surface area contributed by atoms with Crippen molar-refractivity contribution in [2.45, 2.75) is 45.2 Å². The monoisotopic (exact) mass is 322 g/mol. The van der Waals surface area contributed by atoms with Crippen LogP contribution in [0.5, 0.6) is 0 Å². The first-order valence-electron chi connectivity index (χ1n) is 8.33. The number of aromatic nitrogens is 1. The summed E-state index contributed by atoms with van der Waals surface area (Å²) >= 11 is 1.69. The van der Waals surface area contributed by atoms with E-state index in [2.05, 4.69) is 33.5 Å². The zero-order chi connectivity index (χ0) is 15.5. The van der Waals surface area contributed by atoms with Crippen molar-refractivity contribution in [2.24, 2.45) is 0 Å². The summed E-state index contributed by atoms with van der Waals surface area (Å²) in [5.41, 5.74) is 0. The molecule has 0 aromatic carbocycles. The Morgan fingerprint density at radius 2 is 1.91 bits per heavy atom. The van der Waals surface area contributed by atoms with Gasteiger partial charge in [-0.1, -0.05) is 0 Å². The van der Waals surface area contributed by atoms with Crippen LogP contribution in [0.2, 0.25) is 0 Å². The van der Waals surface area contributed by atoms with Gasteiger partial charge in [-0.15, -0.1) is 11.3 Å². The summed E-state index contributed by atoms with van der Waals surface area (Å²) in [6, 6.07) is 0.792. The molecule has 5 nitrogen and oxygen atoms in total. The summed E-state index contributed by atoms with van der Waals surface area (Å²) in [6.07, 6.45) is 5.40. The van der Waals surface area contributed by atoms with Crippen LogP contribution < -0.4 is 4.90 Å². The van der Waals surface area contributed by atoms with Gasteiger partial charge < -0.3 is 9.80 Å². The highest BCUT2D eigenvalue weighted by atomic mass is 32.1. The molecule has 122 valence electrons. The molecule has 1 amide bonds. The molecule has 0 radical (unpaired) electrons. The van der Waals surface area contributed by atoms with Crippen LogP contribution in [0.15, 0.2) is 11.6 Å². The number of thiazole rings is 1. The van der Waals surface area contributed by atoms with Crippen LogP contribution in [0.1, 0.15) is 33.1 Å². The van der Waals surface area contributed by atoms with Crippen LogP contribution in [0, 0.1) is 0 Å². The first-order chi connectivity index (χ1) is 10.6. The Balaban J connectivity index is 1.51. The van der Waals surface area contributed by atoms with Crippen LogP contribution in [0.4, 0.5) is 5.13 Å². The first kappa shape index (κ1) is 15.7. The normalized spacial score (nSPS) is 27.2. The van der Waals surface area contributed by atoms with E-state index in [0.717, 1.165) is 44.2 Å². The predicted molar refractivity (Wildman–Crippen MR) is 90.4 cm³/mol. The second kappa shape index (κ2) is 6.96. The van der Waals surface area contributed by atoms with Crippen molar-refractivity contribution < 1.29 is 4.79 Å². The van der Waals surface area contributed by atoms with Gasteiger partial charge in [0.1, 0.15) is 0 Å². The van der Waals surface area contributed by atoms with Crippen molar-refractivity contribution in [2.75, 3.05) is 37.6 Å². The quantitative estimate of drug-likeness (QED) is 0.854. The van der Waals surface area contributed by atoms with E-state index in [0.29, 0.717) is 24.5 Å². The summed E-state index contributed by atoms with van der Waals surface area (Å²) in [7, 11) is 0. The minimum atomic E-state index is 0.308. The molecule has 0 spiro atoms. The Kier molecular flexibility index (Phi) is 4.98. The number of piperidine rings is 1. The van der Waals surface area contributed by atoms with Crippen LogP contribution in [0.25, 0.3) is 0 Å². The highest BCUT2D eigenvalue weighted by molar-refractivity contribution is 7.13. The molecule has 2 atom stereocenters. The van der Waals surface area contributed by atoms with E-state index >= 15 is 0 Å². The van der Waals surface area contributed by atoms with Crippen molar-refractivity contribution in [1.29, 1.82) is 0 Å². The number of nitrogens with zero attached hydrogens (tertiary/aromatic N) is 4. The molecule has 3 rings (SSSR count). The number of piperazine rings is 1. The van der Waals surface area contributed by atoms with Crippen molar-refractivity contribution >= 4 is 22.4 Å².